The fraction of sp³-hybridized carbons (Fsp3) is 0.409. The predicted octanol–water partition coefficient (Wildman–Crippen LogP) is 3.79. The molecule has 0 aromatic heterocycles. The number of nitrogens with zero attached hydrogens (tertiary/aromatic N) is 1. The van der Waals surface area contributed by atoms with Gasteiger partial charge in [0.05, 0.1) is 12.3 Å². The molecule has 3 rings (SSSR count). The summed E-state index contributed by atoms with van der Waals surface area (Å²) in [7, 11) is -3.39. The minimum atomic E-state index is -3.39. The Kier molecular flexibility index (Phi) is 6.47. The minimum absolute atomic E-state index is 0.163. The maximum Gasteiger partial charge on any atom is 0.251 e. The molecule has 156 valence electrons. The second-order valence-corrected chi connectivity index (χ2v) is 9.66. The van der Waals surface area contributed by atoms with Gasteiger partial charge >= 0.3 is 0 Å². The summed E-state index contributed by atoms with van der Waals surface area (Å²) in [6.07, 6.45) is 3.53. The Morgan fingerprint density at radius 1 is 1.10 bits per heavy atom. The monoisotopic (exact) mass is 415 g/mol. The van der Waals surface area contributed by atoms with Crippen molar-refractivity contribution in [2.45, 2.75) is 32.7 Å². The van der Waals surface area contributed by atoms with Gasteiger partial charge in [-0.15, -0.1) is 0 Å². The molecule has 6 nitrogen and oxygen atoms in total. The molecule has 0 saturated carbocycles. The van der Waals surface area contributed by atoms with Gasteiger partial charge in [0, 0.05) is 30.0 Å². The van der Waals surface area contributed by atoms with E-state index >= 15 is 0 Å². The molecular weight excluding hydrogens is 386 g/mol. The van der Waals surface area contributed by atoms with Crippen LogP contribution in [0.2, 0.25) is 0 Å². The van der Waals surface area contributed by atoms with Crippen LogP contribution in [-0.2, 0) is 10.0 Å². The van der Waals surface area contributed by atoms with Crippen molar-refractivity contribution < 1.29 is 13.2 Å². The van der Waals surface area contributed by atoms with Gasteiger partial charge < -0.3 is 10.2 Å². The highest BCUT2D eigenvalue weighted by atomic mass is 32.2. The Balaban J connectivity index is 1.63. The Hall–Kier alpha value is -2.54. The first kappa shape index (κ1) is 21.2. The number of rotatable bonds is 6. The molecule has 7 heteroatoms. The Morgan fingerprint density at radius 2 is 1.76 bits per heavy atom. The van der Waals surface area contributed by atoms with Crippen molar-refractivity contribution in [2.24, 2.45) is 5.92 Å². The third-order valence-corrected chi connectivity index (χ3v) is 5.92. The summed E-state index contributed by atoms with van der Waals surface area (Å²) in [6, 6.07) is 14.6. The molecule has 29 heavy (non-hydrogen) atoms. The van der Waals surface area contributed by atoms with Gasteiger partial charge in [0.1, 0.15) is 0 Å². The van der Waals surface area contributed by atoms with Crippen LogP contribution in [0.1, 0.15) is 48.7 Å². The van der Waals surface area contributed by atoms with Crippen LogP contribution in [-0.4, -0.2) is 33.7 Å². The topological polar surface area (TPSA) is 78.5 Å². The largest absolute Gasteiger partial charge is 0.372 e. The van der Waals surface area contributed by atoms with Crippen LogP contribution in [0.5, 0.6) is 0 Å². The third-order valence-electron chi connectivity index (χ3n) is 5.32. The lowest BCUT2D eigenvalue weighted by Crippen LogP contribution is -2.32. The van der Waals surface area contributed by atoms with Crippen molar-refractivity contribution in [3.8, 4) is 0 Å². The molecule has 1 aliphatic rings. The van der Waals surface area contributed by atoms with Crippen LogP contribution in [0.3, 0.4) is 0 Å². The van der Waals surface area contributed by atoms with E-state index in [9.17, 15) is 13.2 Å². The van der Waals surface area contributed by atoms with Crippen molar-refractivity contribution in [3.63, 3.8) is 0 Å². The van der Waals surface area contributed by atoms with Crippen molar-refractivity contribution in [3.05, 3.63) is 59.7 Å². The molecule has 1 unspecified atom stereocenters. The number of anilines is 2. The fourth-order valence-electron chi connectivity index (χ4n) is 3.54. The van der Waals surface area contributed by atoms with Gasteiger partial charge in [0.2, 0.25) is 10.0 Å². The number of sulfonamides is 1. The van der Waals surface area contributed by atoms with Crippen molar-refractivity contribution >= 4 is 27.3 Å². The SMILES string of the molecule is CC1CCN(c2ccc(C(C)NC(=O)c3cccc(NS(C)(=O)=O)c3)cc2)CC1. The van der Waals surface area contributed by atoms with Gasteiger partial charge in [-0.1, -0.05) is 25.1 Å². The van der Waals surface area contributed by atoms with Crippen LogP contribution >= 0.6 is 0 Å². The summed E-state index contributed by atoms with van der Waals surface area (Å²) in [5.41, 5.74) is 3.02. The molecular formula is C22H29N3O3S. The zero-order valence-electron chi connectivity index (χ0n) is 17.2. The van der Waals surface area contributed by atoms with E-state index in [4.69, 9.17) is 0 Å². The number of hydrogen-bond acceptors (Lipinski definition) is 4. The van der Waals surface area contributed by atoms with Crippen LogP contribution < -0.4 is 14.9 Å². The minimum Gasteiger partial charge on any atom is -0.372 e. The zero-order valence-corrected chi connectivity index (χ0v) is 18.0. The van der Waals surface area contributed by atoms with Crippen LogP contribution in [0.15, 0.2) is 48.5 Å². The summed E-state index contributed by atoms with van der Waals surface area (Å²) < 4.78 is 25.2. The van der Waals surface area contributed by atoms with Crippen molar-refractivity contribution in [1.29, 1.82) is 0 Å². The molecule has 1 fully saturated rings. The summed E-state index contributed by atoms with van der Waals surface area (Å²) in [5.74, 6) is 0.552. The van der Waals surface area contributed by atoms with Crippen molar-refractivity contribution in [2.75, 3.05) is 29.0 Å². The summed E-state index contributed by atoms with van der Waals surface area (Å²) in [5, 5.41) is 2.98. The van der Waals surface area contributed by atoms with E-state index in [0.29, 0.717) is 11.3 Å². The van der Waals surface area contributed by atoms with Crippen LogP contribution in [0, 0.1) is 5.92 Å². The van der Waals surface area contributed by atoms with Gasteiger partial charge in [-0.25, -0.2) is 8.42 Å². The molecule has 0 bridgehead atoms. The predicted molar refractivity (Wildman–Crippen MR) is 118 cm³/mol. The maximum atomic E-state index is 12.6. The molecule has 1 saturated heterocycles. The molecule has 1 amide bonds. The first-order valence-electron chi connectivity index (χ1n) is 9.95. The summed E-state index contributed by atoms with van der Waals surface area (Å²) in [6.45, 7) is 6.42. The van der Waals surface area contributed by atoms with Crippen LogP contribution in [0.25, 0.3) is 0 Å². The molecule has 2 N–H and O–H groups in total. The number of piperidine rings is 1. The Bertz CT molecular complexity index is 950. The normalized spacial score (nSPS) is 16.3. The number of amides is 1. The number of carbonyl (C=O) groups excluding carboxylic acids is 1. The van der Waals surface area contributed by atoms with Gasteiger partial charge in [0.25, 0.3) is 5.91 Å². The lowest BCUT2D eigenvalue weighted by molar-refractivity contribution is 0.0940. The average Bonchev–Trinajstić information content (AvgIpc) is 2.67. The molecule has 0 spiro atoms. The van der Waals surface area contributed by atoms with E-state index in [1.165, 1.54) is 24.6 Å². The van der Waals surface area contributed by atoms with Gasteiger partial charge in [0.15, 0.2) is 0 Å². The number of hydrogen-bond donors (Lipinski definition) is 2. The van der Waals surface area contributed by atoms with Crippen LogP contribution in [0.4, 0.5) is 11.4 Å². The smallest absolute Gasteiger partial charge is 0.251 e. The Morgan fingerprint density at radius 3 is 2.38 bits per heavy atom. The molecule has 1 heterocycles. The zero-order chi connectivity index (χ0) is 21.0. The van der Waals surface area contributed by atoms with E-state index in [1.54, 1.807) is 18.2 Å². The highest BCUT2D eigenvalue weighted by molar-refractivity contribution is 7.92. The quantitative estimate of drug-likeness (QED) is 0.752. The van der Waals surface area contributed by atoms with E-state index in [2.05, 4.69) is 46.1 Å². The number of benzene rings is 2. The highest BCUT2D eigenvalue weighted by Crippen LogP contribution is 2.25. The first-order chi connectivity index (χ1) is 13.7. The maximum absolute atomic E-state index is 12.6. The van der Waals surface area contributed by atoms with Gasteiger partial charge in [-0.2, -0.15) is 0 Å². The fourth-order valence-corrected chi connectivity index (χ4v) is 4.10. The lowest BCUT2D eigenvalue weighted by atomic mass is 9.98. The van der Waals surface area contributed by atoms with E-state index in [-0.39, 0.29) is 11.9 Å². The van der Waals surface area contributed by atoms with Gasteiger partial charge in [-0.05, 0) is 61.6 Å². The molecule has 1 atom stereocenters. The Labute approximate surface area is 173 Å². The van der Waals surface area contributed by atoms with E-state index in [0.717, 1.165) is 30.8 Å². The number of carbonyl (C=O) groups is 1. The second-order valence-electron chi connectivity index (χ2n) is 7.91. The van der Waals surface area contributed by atoms with E-state index in [1.807, 2.05) is 6.92 Å². The lowest BCUT2D eigenvalue weighted by Gasteiger charge is -2.32. The first-order valence-corrected chi connectivity index (χ1v) is 11.8. The molecule has 2 aromatic carbocycles. The molecule has 1 aliphatic heterocycles. The number of nitrogens with one attached hydrogen (secondary N) is 2. The molecule has 0 aliphatic carbocycles. The second kappa shape index (κ2) is 8.86. The third kappa shape index (κ3) is 5.97. The van der Waals surface area contributed by atoms with E-state index < -0.39 is 10.0 Å². The van der Waals surface area contributed by atoms with Gasteiger partial charge in [-0.3, -0.25) is 9.52 Å². The highest BCUT2D eigenvalue weighted by Gasteiger charge is 2.17. The summed E-state index contributed by atoms with van der Waals surface area (Å²) in [4.78, 5) is 15.0. The summed E-state index contributed by atoms with van der Waals surface area (Å²) >= 11 is 0. The average molecular weight is 416 g/mol. The molecule has 0 radical (unpaired) electrons. The standard InChI is InChI=1S/C22H29N3O3S/c1-16-11-13-25(14-12-16)21-9-7-18(8-10-21)17(2)23-22(26)19-5-4-6-20(15-19)24-29(3,27)28/h4-10,15-17,24H,11-14H2,1-3H3,(H,23,26). The van der Waals surface area contributed by atoms with Crippen molar-refractivity contribution in [1.82, 2.24) is 5.32 Å². The molecule has 2 aromatic rings.